The highest BCUT2D eigenvalue weighted by Crippen LogP contribution is 2.34. The predicted molar refractivity (Wildman–Crippen MR) is 103 cm³/mol. The van der Waals surface area contributed by atoms with E-state index in [1.54, 1.807) is 17.0 Å². The Morgan fingerprint density at radius 3 is 2.30 bits per heavy atom. The standard InChI is InChI=1S/C20H24ClN3O3/c1-2-23(12-18(25)22-11-14-7-9-15(21)10-8-14)13-24-19(26)16-5-3-4-6-17(16)20(24)27/h3-4,7-10,16-17H,2,5-6,11-13H2,1H3,(H,22,25)/t16-,17-/m1/s1. The molecule has 6 nitrogen and oxygen atoms in total. The number of imide groups is 1. The number of hydrogen-bond acceptors (Lipinski definition) is 4. The van der Waals surface area contributed by atoms with Gasteiger partial charge in [0.1, 0.15) is 0 Å². The Hall–Kier alpha value is -2.18. The van der Waals surface area contributed by atoms with Crippen molar-refractivity contribution in [2.75, 3.05) is 19.8 Å². The van der Waals surface area contributed by atoms with Gasteiger partial charge in [0.2, 0.25) is 17.7 Å². The average Bonchev–Trinajstić information content (AvgIpc) is 2.92. The molecule has 0 spiro atoms. The van der Waals surface area contributed by atoms with Gasteiger partial charge in [0.15, 0.2) is 0 Å². The number of hydrogen-bond donors (Lipinski definition) is 1. The Morgan fingerprint density at radius 2 is 1.74 bits per heavy atom. The Morgan fingerprint density at radius 1 is 1.15 bits per heavy atom. The summed E-state index contributed by atoms with van der Waals surface area (Å²) in [4.78, 5) is 40.5. The second-order valence-corrected chi connectivity index (χ2v) is 7.39. The zero-order valence-electron chi connectivity index (χ0n) is 15.4. The Balaban J connectivity index is 1.52. The largest absolute Gasteiger partial charge is 0.351 e. The second kappa shape index (κ2) is 8.67. The van der Waals surface area contributed by atoms with E-state index in [1.165, 1.54) is 4.90 Å². The molecule has 1 aromatic carbocycles. The van der Waals surface area contributed by atoms with Gasteiger partial charge in [-0.2, -0.15) is 0 Å². The molecule has 1 aromatic rings. The third-order valence-corrected chi connectivity index (χ3v) is 5.41. The van der Waals surface area contributed by atoms with Gasteiger partial charge >= 0.3 is 0 Å². The zero-order valence-corrected chi connectivity index (χ0v) is 16.1. The predicted octanol–water partition coefficient (Wildman–Crippen LogP) is 2.19. The molecule has 1 heterocycles. The molecule has 1 aliphatic carbocycles. The van der Waals surface area contributed by atoms with Crippen molar-refractivity contribution in [3.8, 4) is 0 Å². The lowest BCUT2D eigenvalue weighted by molar-refractivity contribution is -0.143. The van der Waals surface area contributed by atoms with Gasteiger partial charge < -0.3 is 5.32 Å². The number of allylic oxidation sites excluding steroid dienone is 2. The lowest BCUT2D eigenvalue weighted by atomic mass is 9.85. The number of likely N-dealkylation sites (N-methyl/N-ethyl adjacent to an activating group) is 1. The van der Waals surface area contributed by atoms with E-state index >= 15 is 0 Å². The van der Waals surface area contributed by atoms with E-state index in [2.05, 4.69) is 5.32 Å². The Labute approximate surface area is 164 Å². The van der Waals surface area contributed by atoms with Crippen LogP contribution in [0.1, 0.15) is 25.3 Å². The first-order valence-electron chi connectivity index (χ1n) is 9.23. The van der Waals surface area contributed by atoms with Crippen LogP contribution in [0.25, 0.3) is 0 Å². The summed E-state index contributed by atoms with van der Waals surface area (Å²) in [6, 6.07) is 7.27. The van der Waals surface area contributed by atoms with Crippen LogP contribution >= 0.6 is 11.6 Å². The number of carbonyl (C=O) groups excluding carboxylic acids is 3. The van der Waals surface area contributed by atoms with Gasteiger partial charge in [0.25, 0.3) is 0 Å². The van der Waals surface area contributed by atoms with Gasteiger partial charge in [-0.3, -0.25) is 24.2 Å². The van der Waals surface area contributed by atoms with Crippen molar-refractivity contribution in [2.45, 2.75) is 26.3 Å². The summed E-state index contributed by atoms with van der Waals surface area (Å²) in [6.45, 7) is 3.18. The summed E-state index contributed by atoms with van der Waals surface area (Å²) in [5.41, 5.74) is 0.956. The Bertz CT molecular complexity index is 721. The average molecular weight is 390 g/mol. The lowest BCUT2D eigenvalue weighted by Crippen LogP contribution is -2.45. The molecule has 27 heavy (non-hydrogen) atoms. The molecule has 144 valence electrons. The molecule has 1 aliphatic heterocycles. The monoisotopic (exact) mass is 389 g/mol. The molecule has 0 radical (unpaired) electrons. The van der Waals surface area contributed by atoms with Crippen LogP contribution in [0.4, 0.5) is 0 Å². The van der Waals surface area contributed by atoms with E-state index in [9.17, 15) is 14.4 Å². The van der Waals surface area contributed by atoms with Gasteiger partial charge in [0, 0.05) is 11.6 Å². The fourth-order valence-electron chi connectivity index (χ4n) is 3.53. The fourth-order valence-corrected chi connectivity index (χ4v) is 3.66. The molecule has 0 unspecified atom stereocenters. The maximum atomic E-state index is 12.6. The highest BCUT2D eigenvalue weighted by molar-refractivity contribution is 6.30. The van der Waals surface area contributed by atoms with Crippen LogP contribution < -0.4 is 5.32 Å². The van der Waals surface area contributed by atoms with Gasteiger partial charge in [0.05, 0.1) is 25.0 Å². The molecular weight excluding hydrogens is 366 g/mol. The van der Waals surface area contributed by atoms with Crippen LogP contribution in [0, 0.1) is 11.8 Å². The van der Waals surface area contributed by atoms with Crippen LogP contribution in [0.2, 0.25) is 5.02 Å². The minimum Gasteiger partial charge on any atom is -0.351 e. The number of halogens is 1. The van der Waals surface area contributed by atoms with E-state index in [-0.39, 0.29) is 42.8 Å². The maximum absolute atomic E-state index is 12.6. The van der Waals surface area contributed by atoms with E-state index in [0.29, 0.717) is 31.0 Å². The highest BCUT2D eigenvalue weighted by Gasteiger charge is 2.47. The van der Waals surface area contributed by atoms with Crippen molar-refractivity contribution < 1.29 is 14.4 Å². The van der Waals surface area contributed by atoms with E-state index in [1.807, 2.05) is 31.2 Å². The number of benzene rings is 1. The SMILES string of the molecule is CCN(CC(=O)NCc1ccc(Cl)cc1)CN1C(=O)[C@@H]2CC=CC[C@H]2C1=O. The normalized spacial score (nSPS) is 21.7. The topological polar surface area (TPSA) is 69.7 Å². The van der Waals surface area contributed by atoms with Crippen molar-refractivity contribution in [3.63, 3.8) is 0 Å². The first-order valence-corrected chi connectivity index (χ1v) is 9.61. The van der Waals surface area contributed by atoms with Crippen molar-refractivity contribution >= 4 is 29.3 Å². The number of rotatable bonds is 7. The molecular formula is C20H24ClN3O3. The molecule has 1 fully saturated rings. The number of nitrogens with one attached hydrogen (secondary N) is 1. The van der Waals surface area contributed by atoms with Crippen LogP contribution in [0.15, 0.2) is 36.4 Å². The maximum Gasteiger partial charge on any atom is 0.234 e. The van der Waals surface area contributed by atoms with E-state index in [4.69, 9.17) is 11.6 Å². The minimum absolute atomic E-state index is 0.116. The van der Waals surface area contributed by atoms with Gasteiger partial charge in [-0.25, -0.2) is 0 Å². The van der Waals surface area contributed by atoms with E-state index < -0.39 is 0 Å². The van der Waals surface area contributed by atoms with Crippen LogP contribution in [0.3, 0.4) is 0 Å². The number of carbonyl (C=O) groups is 3. The molecule has 0 bridgehead atoms. The molecule has 1 saturated heterocycles. The molecule has 2 atom stereocenters. The highest BCUT2D eigenvalue weighted by atomic mass is 35.5. The zero-order chi connectivity index (χ0) is 19.4. The molecule has 2 aliphatic rings. The summed E-state index contributed by atoms with van der Waals surface area (Å²) in [7, 11) is 0. The molecule has 3 amide bonds. The van der Waals surface area contributed by atoms with Crippen molar-refractivity contribution in [2.24, 2.45) is 11.8 Å². The first kappa shape index (κ1) is 19.6. The van der Waals surface area contributed by atoms with Crippen LogP contribution in [-0.4, -0.2) is 47.3 Å². The summed E-state index contributed by atoms with van der Waals surface area (Å²) in [5, 5.41) is 3.51. The Kier molecular flexibility index (Phi) is 6.29. The second-order valence-electron chi connectivity index (χ2n) is 6.95. The van der Waals surface area contributed by atoms with Gasteiger partial charge in [-0.15, -0.1) is 0 Å². The summed E-state index contributed by atoms with van der Waals surface area (Å²) < 4.78 is 0. The molecule has 0 saturated carbocycles. The number of amides is 3. The number of nitrogens with zero attached hydrogens (tertiary/aromatic N) is 2. The van der Waals surface area contributed by atoms with Crippen molar-refractivity contribution in [1.82, 2.24) is 15.1 Å². The summed E-state index contributed by atoms with van der Waals surface area (Å²) in [6.07, 6.45) is 5.19. The third kappa shape index (κ3) is 4.57. The summed E-state index contributed by atoms with van der Waals surface area (Å²) >= 11 is 5.85. The molecule has 1 N–H and O–H groups in total. The fraction of sp³-hybridized carbons (Fsp3) is 0.450. The number of likely N-dealkylation sites (tertiary alicyclic amines) is 1. The van der Waals surface area contributed by atoms with Crippen molar-refractivity contribution in [3.05, 3.63) is 47.0 Å². The first-order chi connectivity index (χ1) is 13.0. The van der Waals surface area contributed by atoms with Gasteiger partial charge in [-0.05, 0) is 37.1 Å². The quantitative estimate of drug-likeness (QED) is 0.573. The lowest BCUT2D eigenvalue weighted by Gasteiger charge is -2.25. The number of fused-ring (bicyclic) bond motifs is 1. The van der Waals surface area contributed by atoms with E-state index in [0.717, 1.165) is 5.56 Å². The smallest absolute Gasteiger partial charge is 0.234 e. The van der Waals surface area contributed by atoms with Crippen LogP contribution in [0.5, 0.6) is 0 Å². The molecule has 7 heteroatoms. The molecule has 3 rings (SSSR count). The van der Waals surface area contributed by atoms with Gasteiger partial charge in [-0.1, -0.05) is 42.8 Å². The minimum atomic E-state index is -0.236. The van der Waals surface area contributed by atoms with Crippen LogP contribution in [-0.2, 0) is 20.9 Å². The third-order valence-electron chi connectivity index (χ3n) is 5.16. The summed E-state index contributed by atoms with van der Waals surface area (Å²) in [5.74, 6) is -0.853. The van der Waals surface area contributed by atoms with Crippen molar-refractivity contribution in [1.29, 1.82) is 0 Å². The molecule has 0 aromatic heterocycles.